The van der Waals surface area contributed by atoms with Crippen molar-refractivity contribution in [1.82, 2.24) is 10.2 Å². The van der Waals surface area contributed by atoms with Crippen LogP contribution in [0.3, 0.4) is 0 Å². The third-order valence-electron chi connectivity index (χ3n) is 3.60. The highest BCUT2D eigenvalue weighted by molar-refractivity contribution is 6.32. The molecule has 122 valence electrons. The minimum absolute atomic E-state index is 0. The first kappa shape index (κ1) is 20.7. The fraction of sp³-hybridized carbons (Fsp3) is 0.571. The summed E-state index contributed by atoms with van der Waals surface area (Å²) in [5.74, 6) is -0.488. The van der Waals surface area contributed by atoms with Crippen LogP contribution in [0.4, 0.5) is 4.39 Å². The lowest BCUT2D eigenvalue weighted by molar-refractivity contribution is 0.159. The first-order chi connectivity index (χ1) is 9.15. The van der Waals surface area contributed by atoms with Gasteiger partial charge in [-0.3, -0.25) is 4.90 Å². The van der Waals surface area contributed by atoms with Gasteiger partial charge < -0.3 is 10.4 Å². The molecule has 0 saturated carbocycles. The smallest absolute Gasteiger partial charge is 0.141 e. The third-order valence-corrected chi connectivity index (χ3v) is 3.91. The van der Waals surface area contributed by atoms with E-state index in [4.69, 9.17) is 11.6 Å². The molecule has 0 radical (unpaired) electrons. The maximum atomic E-state index is 14.1. The molecule has 0 aromatic heterocycles. The van der Waals surface area contributed by atoms with Gasteiger partial charge in [-0.25, -0.2) is 4.39 Å². The van der Waals surface area contributed by atoms with E-state index >= 15 is 0 Å². The summed E-state index contributed by atoms with van der Waals surface area (Å²) < 4.78 is 14.1. The summed E-state index contributed by atoms with van der Waals surface area (Å²) in [6.45, 7) is 5.56. The minimum atomic E-state index is -0.376. The molecule has 1 fully saturated rings. The zero-order valence-corrected chi connectivity index (χ0v) is 14.3. The summed E-state index contributed by atoms with van der Waals surface area (Å²) in [5.41, 5.74) is 0.344. The van der Waals surface area contributed by atoms with Gasteiger partial charge in [0.15, 0.2) is 0 Å². The summed E-state index contributed by atoms with van der Waals surface area (Å²) in [6, 6.07) is 2.63. The largest absolute Gasteiger partial charge is 0.506 e. The van der Waals surface area contributed by atoms with Crippen molar-refractivity contribution in [2.45, 2.75) is 25.8 Å². The SMILES string of the molecule is CCC[C@H](c1c(F)ccc(Cl)c1O)N1CCNCC1.Cl.Cl. The van der Waals surface area contributed by atoms with Crippen LogP contribution in [0.25, 0.3) is 0 Å². The Morgan fingerprint density at radius 3 is 2.52 bits per heavy atom. The molecule has 0 unspecified atom stereocenters. The molecule has 1 aliphatic heterocycles. The molecule has 1 aliphatic rings. The van der Waals surface area contributed by atoms with E-state index in [0.29, 0.717) is 5.56 Å². The Labute approximate surface area is 142 Å². The summed E-state index contributed by atoms with van der Waals surface area (Å²) >= 11 is 5.92. The molecular formula is C14H22Cl3FN2O. The topological polar surface area (TPSA) is 35.5 Å². The average molecular weight is 360 g/mol. The Kier molecular flexibility index (Phi) is 9.58. The number of hydrogen-bond donors (Lipinski definition) is 2. The molecule has 1 atom stereocenters. The van der Waals surface area contributed by atoms with Crippen molar-refractivity contribution in [2.24, 2.45) is 0 Å². The molecule has 0 spiro atoms. The van der Waals surface area contributed by atoms with Crippen LogP contribution in [0.5, 0.6) is 5.75 Å². The second kappa shape index (κ2) is 9.70. The van der Waals surface area contributed by atoms with Gasteiger partial charge in [-0.05, 0) is 18.6 Å². The van der Waals surface area contributed by atoms with Crippen LogP contribution in [0.2, 0.25) is 5.02 Å². The summed E-state index contributed by atoms with van der Waals surface area (Å²) in [7, 11) is 0. The zero-order valence-electron chi connectivity index (χ0n) is 11.9. The minimum Gasteiger partial charge on any atom is -0.506 e. The Bertz CT molecular complexity index is 442. The maximum Gasteiger partial charge on any atom is 0.141 e. The fourth-order valence-corrected chi connectivity index (χ4v) is 2.82. The van der Waals surface area contributed by atoms with Gasteiger partial charge >= 0.3 is 0 Å². The number of piperazine rings is 1. The van der Waals surface area contributed by atoms with Crippen molar-refractivity contribution in [2.75, 3.05) is 26.2 Å². The molecule has 1 saturated heterocycles. The lowest BCUT2D eigenvalue weighted by Gasteiger charge is -2.35. The van der Waals surface area contributed by atoms with E-state index in [2.05, 4.69) is 17.1 Å². The van der Waals surface area contributed by atoms with Crippen LogP contribution in [-0.2, 0) is 0 Å². The van der Waals surface area contributed by atoms with Gasteiger partial charge in [0.25, 0.3) is 0 Å². The van der Waals surface area contributed by atoms with Gasteiger partial charge in [0.05, 0.1) is 5.02 Å². The second-order valence-electron chi connectivity index (χ2n) is 4.88. The predicted molar refractivity (Wildman–Crippen MR) is 89.7 cm³/mol. The number of halogens is 4. The molecular weight excluding hydrogens is 338 g/mol. The number of benzene rings is 1. The number of phenols is 1. The predicted octanol–water partition coefficient (Wildman–Crippen LogP) is 3.77. The Balaban J connectivity index is 0.00000200. The molecule has 7 heteroatoms. The van der Waals surface area contributed by atoms with Gasteiger partial charge in [-0.15, -0.1) is 24.8 Å². The highest BCUT2D eigenvalue weighted by atomic mass is 35.5. The second-order valence-corrected chi connectivity index (χ2v) is 5.29. The molecule has 2 N–H and O–H groups in total. The van der Waals surface area contributed by atoms with E-state index in [-0.39, 0.29) is 47.4 Å². The Morgan fingerprint density at radius 2 is 1.95 bits per heavy atom. The van der Waals surface area contributed by atoms with Gasteiger partial charge in [-0.2, -0.15) is 0 Å². The standard InChI is InChI=1S/C14H20ClFN2O.2ClH/c1-2-3-12(18-8-6-17-7-9-18)13-11(16)5-4-10(15)14(13)19;;/h4-5,12,17,19H,2-3,6-9H2,1H3;2*1H/t12-;;/m1../s1. The summed E-state index contributed by atoms with van der Waals surface area (Å²) in [4.78, 5) is 2.22. The van der Waals surface area contributed by atoms with E-state index in [1.165, 1.54) is 12.1 Å². The van der Waals surface area contributed by atoms with Gasteiger partial charge in [-0.1, -0.05) is 24.9 Å². The third kappa shape index (κ3) is 4.86. The molecule has 1 aromatic rings. The zero-order chi connectivity index (χ0) is 13.8. The van der Waals surface area contributed by atoms with Gasteiger partial charge in [0, 0.05) is 37.8 Å². The molecule has 0 aliphatic carbocycles. The average Bonchev–Trinajstić information content (AvgIpc) is 2.43. The first-order valence-corrected chi connectivity index (χ1v) is 7.14. The van der Waals surface area contributed by atoms with Crippen LogP contribution < -0.4 is 5.32 Å². The van der Waals surface area contributed by atoms with Crippen LogP contribution >= 0.6 is 36.4 Å². The molecule has 21 heavy (non-hydrogen) atoms. The van der Waals surface area contributed by atoms with Crippen LogP contribution in [-0.4, -0.2) is 36.2 Å². The molecule has 3 nitrogen and oxygen atoms in total. The normalized spacial score (nSPS) is 16.7. The summed E-state index contributed by atoms with van der Waals surface area (Å²) in [5, 5.41) is 13.6. The molecule has 0 amide bonds. The Morgan fingerprint density at radius 1 is 1.33 bits per heavy atom. The summed E-state index contributed by atoms with van der Waals surface area (Å²) in [6.07, 6.45) is 1.74. The lowest BCUT2D eigenvalue weighted by Crippen LogP contribution is -2.45. The van der Waals surface area contributed by atoms with Crippen molar-refractivity contribution in [3.63, 3.8) is 0 Å². The quantitative estimate of drug-likeness (QED) is 0.859. The number of rotatable bonds is 4. The van der Waals surface area contributed by atoms with Crippen molar-refractivity contribution in [3.8, 4) is 5.75 Å². The monoisotopic (exact) mass is 358 g/mol. The molecule has 1 aromatic carbocycles. The van der Waals surface area contributed by atoms with Gasteiger partial charge in [0.2, 0.25) is 0 Å². The first-order valence-electron chi connectivity index (χ1n) is 6.76. The van der Waals surface area contributed by atoms with E-state index in [1.54, 1.807) is 0 Å². The molecule has 0 bridgehead atoms. The molecule has 1 heterocycles. The van der Waals surface area contributed by atoms with E-state index in [1.807, 2.05) is 0 Å². The van der Waals surface area contributed by atoms with Crippen LogP contribution in [0.1, 0.15) is 31.4 Å². The lowest BCUT2D eigenvalue weighted by atomic mass is 9.98. The van der Waals surface area contributed by atoms with E-state index in [9.17, 15) is 9.50 Å². The maximum absolute atomic E-state index is 14.1. The van der Waals surface area contributed by atoms with E-state index < -0.39 is 0 Å². The van der Waals surface area contributed by atoms with Gasteiger partial charge in [0.1, 0.15) is 11.6 Å². The number of hydrogen-bond acceptors (Lipinski definition) is 3. The van der Waals surface area contributed by atoms with Crippen molar-refractivity contribution < 1.29 is 9.50 Å². The highest BCUT2D eigenvalue weighted by Crippen LogP contribution is 2.38. The number of aromatic hydroxyl groups is 1. The van der Waals surface area contributed by atoms with Crippen molar-refractivity contribution in [1.29, 1.82) is 0 Å². The highest BCUT2D eigenvalue weighted by Gasteiger charge is 2.27. The van der Waals surface area contributed by atoms with Crippen LogP contribution in [0, 0.1) is 5.82 Å². The molecule has 2 rings (SSSR count). The number of phenolic OH excluding ortho intramolecular Hbond substituents is 1. The fourth-order valence-electron chi connectivity index (χ4n) is 2.65. The number of nitrogens with zero attached hydrogens (tertiary/aromatic N) is 1. The number of nitrogens with one attached hydrogen (secondary N) is 1. The Hall–Kier alpha value is -0.260. The van der Waals surface area contributed by atoms with E-state index in [0.717, 1.165) is 39.0 Å². The van der Waals surface area contributed by atoms with Crippen molar-refractivity contribution in [3.05, 3.63) is 28.5 Å². The van der Waals surface area contributed by atoms with Crippen molar-refractivity contribution >= 4 is 36.4 Å². The van der Waals surface area contributed by atoms with Crippen LogP contribution in [0.15, 0.2) is 12.1 Å².